The normalized spacial score (nSPS) is 12.6. The van der Waals surface area contributed by atoms with Crippen LogP contribution in [0, 0.1) is 0 Å². The molecule has 188 valence electrons. The monoisotopic (exact) mass is 510 g/mol. The first-order valence-electron chi connectivity index (χ1n) is 11.9. The third kappa shape index (κ3) is 6.54. The number of rotatable bonds is 8. The van der Waals surface area contributed by atoms with Gasteiger partial charge in [0.05, 0.1) is 10.9 Å². The highest BCUT2D eigenvalue weighted by Gasteiger charge is 2.21. The van der Waals surface area contributed by atoms with E-state index in [0.717, 1.165) is 27.9 Å². The van der Waals surface area contributed by atoms with E-state index in [1.54, 1.807) is 24.3 Å². The number of carbonyl (C=O) groups is 1. The van der Waals surface area contributed by atoms with Crippen molar-refractivity contribution in [2.45, 2.75) is 10.9 Å². The molecule has 0 heterocycles. The van der Waals surface area contributed by atoms with Gasteiger partial charge in [0.25, 0.3) is 5.91 Å². The van der Waals surface area contributed by atoms with Gasteiger partial charge in [-0.2, -0.15) is 0 Å². The highest BCUT2D eigenvalue weighted by Crippen LogP contribution is 2.28. The fourth-order valence-electron chi connectivity index (χ4n) is 4.07. The summed E-state index contributed by atoms with van der Waals surface area (Å²) in [6.07, 6.45) is 3.06. The molecule has 0 aromatic heterocycles. The summed E-state index contributed by atoms with van der Waals surface area (Å²) in [7, 11) is 0.586. The van der Waals surface area contributed by atoms with Crippen LogP contribution in [0.15, 0.2) is 114 Å². The molecule has 0 radical (unpaired) electrons. The minimum absolute atomic E-state index is 0.234. The molecule has 4 aromatic rings. The summed E-state index contributed by atoms with van der Waals surface area (Å²) >= 11 is 0. The van der Waals surface area contributed by atoms with E-state index in [9.17, 15) is 13.2 Å². The fraction of sp³-hybridized carbons (Fsp3) is 0.129. The van der Waals surface area contributed by atoms with Gasteiger partial charge in [-0.05, 0) is 52.6 Å². The Hall–Kier alpha value is -4.16. The van der Waals surface area contributed by atoms with Crippen LogP contribution in [0.25, 0.3) is 11.6 Å². The van der Waals surface area contributed by atoms with E-state index < -0.39 is 15.9 Å². The predicted octanol–water partition coefficient (Wildman–Crippen LogP) is 5.60. The molecule has 4 rings (SSSR count). The smallest absolute Gasteiger partial charge is 0.252 e. The van der Waals surface area contributed by atoms with Gasteiger partial charge in [0.1, 0.15) is 0 Å². The first-order valence-corrected chi connectivity index (χ1v) is 13.8. The van der Waals surface area contributed by atoms with Crippen LogP contribution < -0.4 is 10.2 Å². The Bertz CT molecular complexity index is 1500. The maximum atomic E-state index is 13.9. The van der Waals surface area contributed by atoms with Crippen molar-refractivity contribution in [1.29, 1.82) is 0 Å². The lowest BCUT2D eigenvalue weighted by atomic mass is 9.96. The van der Waals surface area contributed by atoms with Crippen molar-refractivity contribution in [2.75, 3.05) is 25.3 Å². The van der Waals surface area contributed by atoms with Gasteiger partial charge in [0, 0.05) is 31.6 Å². The number of nitrogens with zero attached hydrogens (tertiary/aromatic N) is 1. The van der Waals surface area contributed by atoms with E-state index >= 15 is 0 Å². The van der Waals surface area contributed by atoms with Crippen LogP contribution in [0.1, 0.15) is 28.3 Å². The minimum Gasteiger partial charge on any atom is -0.378 e. The second-order valence-corrected chi connectivity index (χ2v) is 11.1. The topological polar surface area (TPSA) is 66.5 Å². The first-order chi connectivity index (χ1) is 17.7. The molecule has 0 saturated carbocycles. The molecule has 1 unspecified atom stereocenters. The van der Waals surface area contributed by atoms with E-state index in [-0.39, 0.29) is 10.8 Å². The van der Waals surface area contributed by atoms with Gasteiger partial charge in [-0.25, -0.2) is 8.42 Å². The Kier molecular flexibility index (Phi) is 7.89. The number of hydrogen-bond donors (Lipinski definition) is 1. The number of hydrogen-bond acceptors (Lipinski definition) is 4. The molecule has 0 fully saturated rings. The summed E-state index contributed by atoms with van der Waals surface area (Å²) < 4.78 is 24.0. The summed E-state index contributed by atoms with van der Waals surface area (Å²) in [5.41, 5.74) is 4.92. The standard InChI is InChI=1S/C31H30N2O3S/c1-33(2)27-16-10-15-26(22-27)30(25-17-19-28(20-18-25)37(3,35)36)32-31(34)29(24-13-8-5-9-14-24)21-23-11-6-4-7-12-23/h4-22,30H,1-3H3,(H,32,34)/b29-21+. The number of anilines is 1. The second-order valence-electron chi connectivity index (χ2n) is 9.07. The van der Waals surface area contributed by atoms with Crippen molar-refractivity contribution in [3.05, 3.63) is 131 Å². The van der Waals surface area contributed by atoms with E-state index in [2.05, 4.69) is 5.32 Å². The largest absolute Gasteiger partial charge is 0.378 e. The van der Waals surface area contributed by atoms with Gasteiger partial charge < -0.3 is 10.2 Å². The Morgan fingerprint density at radius 1 is 0.784 bits per heavy atom. The second kappa shape index (κ2) is 11.3. The van der Waals surface area contributed by atoms with Gasteiger partial charge in [-0.15, -0.1) is 0 Å². The lowest BCUT2D eigenvalue weighted by molar-refractivity contribution is -0.116. The molecule has 0 spiro atoms. The molecule has 1 atom stereocenters. The summed E-state index contributed by atoms with van der Waals surface area (Å²) in [4.78, 5) is 16.1. The molecule has 4 aromatic carbocycles. The van der Waals surface area contributed by atoms with Crippen molar-refractivity contribution in [1.82, 2.24) is 5.32 Å². The van der Waals surface area contributed by atoms with Crippen LogP contribution in [0.3, 0.4) is 0 Å². The Morgan fingerprint density at radius 3 is 2.00 bits per heavy atom. The zero-order valence-electron chi connectivity index (χ0n) is 21.1. The molecule has 0 aliphatic rings. The van der Waals surface area contributed by atoms with E-state index in [0.29, 0.717) is 5.57 Å². The van der Waals surface area contributed by atoms with Gasteiger partial charge in [-0.1, -0.05) is 84.9 Å². The third-order valence-corrected chi connectivity index (χ3v) is 7.21. The summed E-state index contributed by atoms with van der Waals surface area (Å²) in [6.45, 7) is 0. The molecular weight excluding hydrogens is 480 g/mol. The maximum Gasteiger partial charge on any atom is 0.252 e. The zero-order valence-corrected chi connectivity index (χ0v) is 21.9. The number of sulfone groups is 1. The molecule has 0 aliphatic heterocycles. The van der Waals surface area contributed by atoms with Gasteiger partial charge >= 0.3 is 0 Å². The highest BCUT2D eigenvalue weighted by atomic mass is 32.2. The van der Waals surface area contributed by atoms with Crippen LogP contribution in [0.2, 0.25) is 0 Å². The summed E-state index contributed by atoms with van der Waals surface area (Å²) in [6, 6.07) is 33.4. The Labute approximate surface area is 219 Å². The predicted molar refractivity (Wildman–Crippen MR) is 151 cm³/mol. The van der Waals surface area contributed by atoms with Crippen LogP contribution in [0.5, 0.6) is 0 Å². The quantitative estimate of drug-likeness (QED) is 0.247. The van der Waals surface area contributed by atoms with E-state index in [1.807, 2.05) is 110 Å². The molecular formula is C31H30N2O3S. The summed E-state index contributed by atoms with van der Waals surface area (Å²) in [5, 5.41) is 3.22. The van der Waals surface area contributed by atoms with E-state index in [1.165, 1.54) is 6.26 Å². The maximum absolute atomic E-state index is 13.9. The Morgan fingerprint density at radius 2 is 1.41 bits per heavy atom. The number of carbonyl (C=O) groups excluding carboxylic acids is 1. The van der Waals surface area contributed by atoms with Crippen molar-refractivity contribution in [3.63, 3.8) is 0 Å². The number of nitrogens with one attached hydrogen (secondary N) is 1. The molecule has 0 bridgehead atoms. The average Bonchev–Trinajstić information content (AvgIpc) is 2.91. The average molecular weight is 511 g/mol. The van der Waals surface area contributed by atoms with E-state index in [4.69, 9.17) is 0 Å². The number of benzene rings is 4. The molecule has 1 N–H and O–H groups in total. The molecule has 1 amide bonds. The SMILES string of the molecule is CN(C)c1cccc(C(NC(=O)/C(=C/c2ccccc2)c2ccccc2)c2ccc(S(C)(=O)=O)cc2)c1. The molecule has 0 aliphatic carbocycles. The van der Waals surface area contributed by atoms with Crippen LogP contribution >= 0.6 is 0 Å². The lowest BCUT2D eigenvalue weighted by Gasteiger charge is -2.23. The van der Waals surface area contributed by atoms with Gasteiger partial charge in [0.15, 0.2) is 9.84 Å². The fourth-order valence-corrected chi connectivity index (χ4v) is 4.70. The van der Waals surface area contributed by atoms with Crippen molar-refractivity contribution in [2.24, 2.45) is 0 Å². The highest BCUT2D eigenvalue weighted by molar-refractivity contribution is 7.90. The Balaban J connectivity index is 1.78. The molecule has 6 heteroatoms. The van der Waals surface area contributed by atoms with Crippen LogP contribution in [0.4, 0.5) is 5.69 Å². The molecule has 37 heavy (non-hydrogen) atoms. The van der Waals surface area contributed by atoms with Gasteiger partial charge in [-0.3, -0.25) is 4.79 Å². The minimum atomic E-state index is -3.34. The zero-order chi connectivity index (χ0) is 26.4. The van der Waals surface area contributed by atoms with Gasteiger partial charge in [0.2, 0.25) is 0 Å². The lowest BCUT2D eigenvalue weighted by Crippen LogP contribution is -2.30. The summed E-state index contributed by atoms with van der Waals surface area (Å²) in [5.74, 6) is -0.234. The van der Waals surface area contributed by atoms with Crippen molar-refractivity contribution < 1.29 is 13.2 Å². The molecule has 0 saturated heterocycles. The molecule has 5 nitrogen and oxygen atoms in total. The number of amides is 1. The van der Waals surface area contributed by atoms with Crippen molar-refractivity contribution >= 4 is 33.1 Å². The van der Waals surface area contributed by atoms with Crippen LogP contribution in [-0.2, 0) is 14.6 Å². The van der Waals surface area contributed by atoms with Crippen molar-refractivity contribution in [3.8, 4) is 0 Å². The van der Waals surface area contributed by atoms with Crippen LogP contribution in [-0.4, -0.2) is 34.7 Å². The first kappa shape index (κ1) is 25.9. The third-order valence-electron chi connectivity index (χ3n) is 6.08.